The highest BCUT2D eigenvalue weighted by molar-refractivity contribution is 7.98. The van der Waals surface area contributed by atoms with Gasteiger partial charge >= 0.3 is 0 Å². The third-order valence-corrected chi connectivity index (χ3v) is 4.48. The summed E-state index contributed by atoms with van der Waals surface area (Å²) in [7, 11) is 0. The van der Waals surface area contributed by atoms with Gasteiger partial charge in [0, 0.05) is 11.1 Å². The first-order valence-corrected chi connectivity index (χ1v) is 8.61. The molecule has 0 saturated carbocycles. The van der Waals surface area contributed by atoms with Crippen LogP contribution in [0, 0.1) is 13.8 Å². The number of hydrogen-bond donors (Lipinski definition) is 0. The van der Waals surface area contributed by atoms with E-state index in [1.807, 2.05) is 43.5 Å². The molecule has 3 rings (SSSR count). The molecule has 0 aliphatic heterocycles. The molecule has 22 heavy (non-hydrogen) atoms. The zero-order chi connectivity index (χ0) is 15.4. The highest BCUT2D eigenvalue weighted by Crippen LogP contribution is 2.23. The highest BCUT2D eigenvalue weighted by atomic mass is 32.2. The minimum absolute atomic E-state index is 0.271. The molecule has 0 amide bonds. The normalized spacial score (nSPS) is 10.8. The second kappa shape index (κ2) is 6.93. The van der Waals surface area contributed by atoms with E-state index in [9.17, 15) is 0 Å². The van der Waals surface area contributed by atoms with E-state index in [0.29, 0.717) is 11.1 Å². The molecule has 5 nitrogen and oxygen atoms in total. The lowest BCUT2D eigenvalue weighted by atomic mass is 10.2. The largest absolute Gasteiger partial charge is 0.484 e. The molecule has 2 heterocycles. The van der Waals surface area contributed by atoms with Gasteiger partial charge in [-0.15, -0.1) is 21.5 Å². The van der Waals surface area contributed by atoms with Crippen molar-refractivity contribution in [3.8, 4) is 5.75 Å². The molecule has 0 fully saturated rings. The quantitative estimate of drug-likeness (QED) is 0.635. The van der Waals surface area contributed by atoms with Crippen LogP contribution < -0.4 is 4.74 Å². The average Bonchev–Trinajstić information content (AvgIpc) is 3.12. The number of thiazole rings is 1. The minimum atomic E-state index is 0.271. The van der Waals surface area contributed by atoms with E-state index in [0.717, 1.165) is 27.8 Å². The summed E-state index contributed by atoms with van der Waals surface area (Å²) < 4.78 is 11.2. The predicted octanol–water partition coefficient (Wildman–Crippen LogP) is 4.01. The van der Waals surface area contributed by atoms with Gasteiger partial charge in [-0.05, 0) is 31.5 Å². The lowest BCUT2D eigenvalue weighted by Crippen LogP contribution is -1.95. The molecule has 3 aromatic rings. The highest BCUT2D eigenvalue weighted by Gasteiger charge is 2.09. The maximum Gasteiger partial charge on any atom is 0.277 e. The van der Waals surface area contributed by atoms with Gasteiger partial charge in [-0.1, -0.05) is 23.9 Å². The Kier molecular flexibility index (Phi) is 4.74. The molecule has 1 aromatic carbocycles. The molecule has 0 radical (unpaired) electrons. The lowest BCUT2D eigenvalue weighted by molar-refractivity contribution is 0.252. The molecule has 0 atom stereocenters. The number of rotatable bonds is 6. The number of benzene rings is 1. The molecule has 0 bridgehead atoms. The summed E-state index contributed by atoms with van der Waals surface area (Å²) in [5, 5.41) is 11.6. The second-order valence-electron chi connectivity index (χ2n) is 4.71. The molecule has 0 N–H and O–H groups in total. The van der Waals surface area contributed by atoms with Crippen molar-refractivity contribution in [1.82, 2.24) is 15.2 Å². The topological polar surface area (TPSA) is 61.0 Å². The van der Waals surface area contributed by atoms with Gasteiger partial charge in [-0.25, -0.2) is 4.98 Å². The van der Waals surface area contributed by atoms with Gasteiger partial charge in [0.25, 0.3) is 11.1 Å². The Morgan fingerprint density at radius 1 is 1.27 bits per heavy atom. The van der Waals surface area contributed by atoms with Crippen molar-refractivity contribution in [3.05, 3.63) is 51.8 Å². The van der Waals surface area contributed by atoms with Gasteiger partial charge in [0.1, 0.15) is 5.75 Å². The van der Waals surface area contributed by atoms with Crippen molar-refractivity contribution in [1.29, 1.82) is 0 Å². The minimum Gasteiger partial charge on any atom is -0.484 e. The molecule has 0 spiro atoms. The van der Waals surface area contributed by atoms with Crippen LogP contribution in [-0.2, 0) is 12.4 Å². The van der Waals surface area contributed by atoms with Gasteiger partial charge < -0.3 is 9.15 Å². The summed E-state index contributed by atoms with van der Waals surface area (Å²) in [4.78, 5) is 4.40. The smallest absolute Gasteiger partial charge is 0.277 e. The summed E-state index contributed by atoms with van der Waals surface area (Å²) in [5.74, 6) is 1.99. The van der Waals surface area contributed by atoms with Crippen LogP contribution in [-0.4, -0.2) is 15.2 Å². The van der Waals surface area contributed by atoms with Crippen molar-refractivity contribution < 1.29 is 9.15 Å². The molecule has 7 heteroatoms. The van der Waals surface area contributed by atoms with Crippen LogP contribution in [0.4, 0.5) is 0 Å². The maximum absolute atomic E-state index is 5.64. The summed E-state index contributed by atoms with van der Waals surface area (Å²) in [6.45, 7) is 4.29. The van der Waals surface area contributed by atoms with E-state index in [1.165, 1.54) is 11.8 Å². The summed E-state index contributed by atoms with van der Waals surface area (Å²) in [6, 6.07) is 7.85. The van der Waals surface area contributed by atoms with E-state index < -0.39 is 0 Å². The zero-order valence-electron chi connectivity index (χ0n) is 12.3. The van der Waals surface area contributed by atoms with Crippen LogP contribution in [0.25, 0.3) is 0 Å². The first-order valence-electron chi connectivity index (χ1n) is 6.75. The van der Waals surface area contributed by atoms with Gasteiger partial charge in [0.05, 0.1) is 10.7 Å². The first-order chi connectivity index (χ1) is 10.7. The van der Waals surface area contributed by atoms with Crippen LogP contribution in [0.15, 0.2) is 39.3 Å². The zero-order valence-corrected chi connectivity index (χ0v) is 13.9. The van der Waals surface area contributed by atoms with Crippen molar-refractivity contribution in [2.75, 3.05) is 0 Å². The van der Waals surface area contributed by atoms with E-state index in [2.05, 4.69) is 15.2 Å². The van der Waals surface area contributed by atoms with E-state index >= 15 is 0 Å². The molecule has 2 aromatic heterocycles. The van der Waals surface area contributed by atoms with Crippen LogP contribution in [0.1, 0.15) is 22.2 Å². The standard InChI is InChI=1S/C15H15N3O2S2/c1-10-4-3-5-13(6-10)19-7-14-17-18-15(20-14)22-9-12-8-21-11(2)16-12/h3-6,8H,7,9H2,1-2H3. The summed E-state index contributed by atoms with van der Waals surface area (Å²) >= 11 is 3.12. The molecular weight excluding hydrogens is 318 g/mol. The van der Waals surface area contributed by atoms with E-state index in [4.69, 9.17) is 9.15 Å². The average molecular weight is 333 g/mol. The lowest BCUT2D eigenvalue weighted by Gasteiger charge is -2.03. The van der Waals surface area contributed by atoms with Crippen molar-refractivity contribution >= 4 is 23.1 Å². The maximum atomic E-state index is 5.64. The van der Waals surface area contributed by atoms with E-state index in [-0.39, 0.29) is 6.61 Å². The van der Waals surface area contributed by atoms with Gasteiger partial charge in [0.15, 0.2) is 6.61 Å². The Morgan fingerprint density at radius 2 is 2.18 bits per heavy atom. The fraction of sp³-hybridized carbons (Fsp3) is 0.267. The Hall–Kier alpha value is -1.86. The van der Waals surface area contributed by atoms with E-state index in [1.54, 1.807) is 11.3 Å². The number of aryl methyl sites for hydroxylation is 2. The van der Waals surface area contributed by atoms with Crippen LogP contribution in [0.3, 0.4) is 0 Å². The number of ether oxygens (including phenoxy) is 1. The first kappa shape index (κ1) is 15.1. The Morgan fingerprint density at radius 3 is 2.95 bits per heavy atom. The number of thioether (sulfide) groups is 1. The molecular formula is C15H15N3O2S2. The summed E-state index contributed by atoms with van der Waals surface area (Å²) in [5.41, 5.74) is 2.18. The predicted molar refractivity (Wildman–Crippen MR) is 86.2 cm³/mol. The van der Waals surface area contributed by atoms with Crippen LogP contribution >= 0.6 is 23.1 Å². The number of nitrogens with zero attached hydrogens (tertiary/aromatic N) is 3. The number of hydrogen-bond acceptors (Lipinski definition) is 7. The monoisotopic (exact) mass is 333 g/mol. The van der Waals surface area contributed by atoms with Crippen molar-refractivity contribution in [3.63, 3.8) is 0 Å². The molecule has 0 saturated heterocycles. The Balaban J connectivity index is 1.52. The molecule has 0 aliphatic rings. The van der Waals surface area contributed by atoms with Crippen LogP contribution in [0.5, 0.6) is 5.75 Å². The number of aromatic nitrogens is 3. The third kappa shape index (κ3) is 4.08. The Labute approximate surface area is 136 Å². The van der Waals surface area contributed by atoms with Crippen molar-refractivity contribution in [2.45, 2.75) is 31.4 Å². The fourth-order valence-corrected chi connectivity index (χ4v) is 3.21. The SMILES string of the molecule is Cc1cccc(OCc2nnc(SCc3csc(C)n3)o2)c1. The van der Waals surface area contributed by atoms with Gasteiger partial charge in [-0.3, -0.25) is 0 Å². The van der Waals surface area contributed by atoms with Crippen molar-refractivity contribution in [2.24, 2.45) is 0 Å². The molecule has 0 unspecified atom stereocenters. The Bertz CT molecular complexity index is 755. The fourth-order valence-electron chi connectivity index (χ4n) is 1.82. The third-order valence-electron chi connectivity index (χ3n) is 2.81. The molecule has 114 valence electrons. The van der Waals surface area contributed by atoms with Gasteiger partial charge in [0.2, 0.25) is 0 Å². The molecule has 0 aliphatic carbocycles. The van der Waals surface area contributed by atoms with Gasteiger partial charge in [-0.2, -0.15) is 0 Å². The van der Waals surface area contributed by atoms with Crippen LogP contribution in [0.2, 0.25) is 0 Å². The summed E-state index contributed by atoms with van der Waals surface area (Å²) in [6.07, 6.45) is 0. The second-order valence-corrected chi connectivity index (χ2v) is 6.70.